The Morgan fingerprint density at radius 2 is 2.00 bits per heavy atom. The fraction of sp³-hybridized carbons (Fsp3) is 0.667. The second kappa shape index (κ2) is 6.67. The number of hydrogen-bond donors (Lipinski definition) is 0. The van der Waals surface area contributed by atoms with Crippen LogP contribution in [0.15, 0.2) is 24.3 Å². The summed E-state index contributed by atoms with van der Waals surface area (Å²) in [7, 11) is 0. The quantitative estimate of drug-likeness (QED) is 0.746. The number of hydrogen-bond acceptors (Lipinski definition) is 3. The van der Waals surface area contributed by atoms with Crippen LogP contribution in [0.5, 0.6) is 0 Å². The summed E-state index contributed by atoms with van der Waals surface area (Å²) in [5, 5.41) is 0. The predicted molar refractivity (Wildman–Crippen MR) is 86.5 cm³/mol. The number of ether oxygens (including phenoxy) is 1. The molecule has 2 rings (SSSR count). The molecule has 0 spiro atoms. The molecule has 2 aliphatic rings. The Balaban J connectivity index is 2.00. The predicted octanol–water partition coefficient (Wildman–Crippen LogP) is 3.73. The van der Waals surface area contributed by atoms with Crippen molar-refractivity contribution in [3.05, 3.63) is 24.3 Å². The second-order valence-electron chi connectivity index (χ2n) is 7.36. The molecule has 22 heavy (non-hydrogen) atoms. The van der Waals surface area contributed by atoms with Crippen molar-refractivity contribution in [1.82, 2.24) is 4.90 Å². The van der Waals surface area contributed by atoms with Crippen LogP contribution in [0.25, 0.3) is 0 Å². The molecule has 4 heteroatoms. The number of carbonyl (C=O) groups is 2. The number of carbonyl (C=O) groups excluding carboxylic acids is 2. The third-order valence-corrected chi connectivity index (χ3v) is 4.67. The highest BCUT2D eigenvalue weighted by Crippen LogP contribution is 2.45. The van der Waals surface area contributed by atoms with Gasteiger partial charge in [-0.05, 0) is 51.4 Å². The topological polar surface area (TPSA) is 46.6 Å². The maximum atomic E-state index is 12.2. The molecule has 1 heterocycles. The smallest absolute Gasteiger partial charge is 0.410 e. The molecule has 1 aliphatic heterocycles. The van der Waals surface area contributed by atoms with E-state index in [2.05, 4.69) is 24.3 Å². The van der Waals surface area contributed by atoms with Crippen molar-refractivity contribution in [1.29, 1.82) is 0 Å². The van der Waals surface area contributed by atoms with Crippen LogP contribution in [-0.4, -0.2) is 36.0 Å². The summed E-state index contributed by atoms with van der Waals surface area (Å²) in [6.45, 7) is 6.97. The van der Waals surface area contributed by atoms with Gasteiger partial charge < -0.3 is 14.4 Å². The first-order valence-corrected chi connectivity index (χ1v) is 8.11. The molecular weight excluding hydrogens is 278 g/mol. The number of allylic oxidation sites excluding steroid dienone is 4. The number of piperidine rings is 1. The van der Waals surface area contributed by atoms with Gasteiger partial charge in [-0.1, -0.05) is 24.3 Å². The zero-order valence-electron chi connectivity index (χ0n) is 13.9. The number of nitrogens with zero attached hydrogens (tertiary/aromatic N) is 1. The molecule has 122 valence electrons. The average Bonchev–Trinajstić information content (AvgIpc) is 2.47. The van der Waals surface area contributed by atoms with Crippen LogP contribution in [0.2, 0.25) is 0 Å². The Labute approximate surface area is 133 Å². The maximum Gasteiger partial charge on any atom is 0.410 e. The number of amides is 1. The summed E-state index contributed by atoms with van der Waals surface area (Å²) in [4.78, 5) is 25.1. The minimum absolute atomic E-state index is 0.0124. The summed E-state index contributed by atoms with van der Waals surface area (Å²) in [5.41, 5.74) is -0.479. The highest BCUT2D eigenvalue weighted by atomic mass is 16.6. The van der Waals surface area contributed by atoms with E-state index in [0.717, 1.165) is 25.5 Å². The van der Waals surface area contributed by atoms with Crippen LogP contribution in [0.1, 0.15) is 46.5 Å². The van der Waals surface area contributed by atoms with E-state index in [0.29, 0.717) is 25.4 Å². The van der Waals surface area contributed by atoms with Gasteiger partial charge in [0, 0.05) is 19.5 Å². The first-order chi connectivity index (χ1) is 10.4. The van der Waals surface area contributed by atoms with Gasteiger partial charge in [0.2, 0.25) is 0 Å². The normalized spacial score (nSPS) is 24.1. The summed E-state index contributed by atoms with van der Waals surface area (Å²) in [6.07, 6.45) is 12.6. The summed E-state index contributed by atoms with van der Waals surface area (Å²) in [5.74, 6) is 0.392. The SMILES string of the molecule is CC(C)(C)OC(=O)N1CCC(CC=O)(C2C=CC=CC2)CC1. The van der Waals surface area contributed by atoms with Gasteiger partial charge in [0.25, 0.3) is 0 Å². The molecule has 0 aromatic rings. The molecule has 0 bridgehead atoms. The minimum atomic E-state index is -0.467. The molecule has 1 aliphatic carbocycles. The molecule has 0 radical (unpaired) electrons. The van der Waals surface area contributed by atoms with Gasteiger partial charge in [0.05, 0.1) is 0 Å². The van der Waals surface area contributed by atoms with Crippen LogP contribution in [-0.2, 0) is 9.53 Å². The lowest BCUT2D eigenvalue weighted by Gasteiger charge is -2.45. The maximum absolute atomic E-state index is 12.2. The van der Waals surface area contributed by atoms with Gasteiger partial charge in [-0.2, -0.15) is 0 Å². The fourth-order valence-corrected chi connectivity index (χ4v) is 3.39. The van der Waals surface area contributed by atoms with Crippen molar-refractivity contribution in [2.75, 3.05) is 13.1 Å². The van der Waals surface area contributed by atoms with E-state index in [1.54, 1.807) is 4.90 Å². The second-order valence-corrected chi connectivity index (χ2v) is 7.36. The molecule has 1 saturated heterocycles. The van der Waals surface area contributed by atoms with Crippen molar-refractivity contribution < 1.29 is 14.3 Å². The highest BCUT2D eigenvalue weighted by Gasteiger charge is 2.41. The van der Waals surface area contributed by atoms with Gasteiger partial charge >= 0.3 is 6.09 Å². The minimum Gasteiger partial charge on any atom is -0.444 e. The molecule has 4 nitrogen and oxygen atoms in total. The third-order valence-electron chi connectivity index (χ3n) is 4.67. The Kier molecular flexibility index (Phi) is 5.09. The Morgan fingerprint density at radius 3 is 2.50 bits per heavy atom. The lowest BCUT2D eigenvalue weighted by atomic mass is 9.65. The van der Waals surface area contributed by atoms with E-state index < -0.39 is 5.60 Å². The molecule has 1 fully saturated rings. The van der Waals surface area contributed by atoms with Crippen LogP contribution in [0.3, 0.4) is 0 Å². The van der Waals surface area contributed by atoms with Gasteiger partial charge in [-0.15, -0.1) is 0 Å². The van der Waals surface area contributed by atoms with E-state index >= 15 is 0 Å². The lowest BCUT2D eigenvalue weighted by Crippen LogP contribution is -2.47. The third kappa shape index (κ3) is 3.99. The molecule has 0 saturated carbocycles. The Bertz CT molecular complexity index is 465. The first-order valence-electron chi connectivity index (χ1n) is 8.11. The highest BCUT2D eigenvalue weighted by molar-refractivity contribution is 5.68. The van der Waals surface area contributed by atoms with E-state index in [1.165, 1.54) is 0 Å². The Morgan fingerprint density at radius 1 is 1.32 bits per heavy atom. The lowest BCUT2D eigenvalue weighted by molar-refractivity contribution is -0.111. The molecular formula is C18H27NO3. The monoisotopic (exact) mass is 305 g/mol. The van der Waals surface area contributed by atoms with Crippen molar-refractivity contribution in [3.63, 3.8) is 0 Å². The number of likely N-dealkylation sites (tertiary alicyclic amines) is 1. The molecule has 1 unspecified atom stereocenters. The first kappa shape index (κ1) is 16.8. The van der Waals surface area contributed by atoms with Crippen LogP contribution >= 0.6 is 0 Å². The fourth-order valence-electron chi connectivity index (χ4n) is 3.39. The van der Waals surface area contributed by atoms with Crippen molar-refractivity contribution in [2.45, 2.75) is 52.1 Å². The van der Waals surface area contributed by atoms with Gasteiger partial charge in [0.15, 0.2) is 0 Å². The van der Waals surface area contributed by atoms with Crippen LogP contribution < -0.4 is 0 Å². The molecule has 0 aromatic carbocycles. The zero-order valence-corrected chi connectivity index (χ0v) is 13.9. The van der Waals surface area contributed by atoms with E-state index in [9.17, 15) is 9.59 Å². The van der Waals surface area contributed by atoms with Gasteiger partial charge in [-0.3, -0.25) is 0 Å². The number of aldehydes is 1. The Hall–Kier alpha value is -1.58. The van der Waals surface area contributed by atoms with E-state index in [-0.39, 0.29) is 11.5 Å². The van der Waals surface area contributed by atoms with Crippen molar-refractivity contribution in [2.24, 2.45) is 11.3 Å². The number of rotatable bonds is 3. The van der Waals surface area contributed by atoms with Crippen LogP contribution in [0, 0.1) is 11.3 Å². The standard InChI is InChI=1S/C18H27NO3/c1-17(2,3)22-16(21)19-12-9-18(10-13-19,11-14-20)15-7-5-4-6-8-15/h4-7,14-15H,8-13H2,1-3H3. The van der Waals surface area contributed by atoms with Crippen molar-refractivity contribution in [3.8, 4) is 0 Å². The summed E-state index contributed by atoms with van der Waals surface area (Å²) >= 11 is 0. The summed E-state index contributed by atoms with van der Waals surface area (Å²) in [6, 6.07) is 0. The molecule has 1 amide bonds. The average molecular weight is 305 g/mol. The molecule has 0 aromatic heterocycles. The van der Waals surface area contributed by atoms with Gasteiger partial charge in [0.1, 0.15) is 11.9 Å². The largest absolute Gasteiger partial charge is 0.444 e. The van der Waals surface area contributed by atoms with Crippen molar-refractivity contribution >= 4 is 12.4 Å². The van der Waals surface area contributed by atoms with E-state index in [1.807, 2.05) is 20.8 Å². The zero-order chi connectivity index (χ0) is 16.2. The molecule has 0 N–H and O–H groups in total. The van der Waals surface area contributed by atoms with Crippen LogP contribution in [0.4, 0.5) is 4.79 Å². The summed E-state index contributed by atoms with van der Waals surface area (Å²) < 4.78 is 5.44. The van der Waals surface area contributed by atoms with Gasteiger partial charge in [-0.25, -0.2) is 4.79 Å². The molecule has 1 atom stereocenters. The van der Waals surface area contributed by atoms with E-state index in [4.69, 9.17) is 4.74 Å².